The van der Waals surface area contributed by atoms with Gasteiger partial charge in [0.05, 0.1) is 6.61 Å². The molecule has 0 aromatic heterocycles. The summed E-state index contributed by atoms with van der Waals surface area (Å²) in [5, 5.41) is 0. The first-order valence-electron chi connectivity index (χ1n) is 11.9. The first kappa shape index (κ1) is 24.8. The Morgan fingerprint density at radius 1 is 0.800 bits per heavy atom. The van der Waals surface area contributed by atoms with Crippen molar-refractivity contribution >= 4 is 5.57 Å². The SMILES string of the molecule is C/C=C\CCOc1ccc(-c2ccc(-c3ccc(C4=CCC(C)CC4)c(F)c3F)cc2)c(F)c1F. The van der Waals surface area contributed by atoms with Crippen LogP contribution in [0.4, 0.5) is 17.6 Å². The number of hydrogen-bond donors (Lipinski definition) is 0. The minimum Gasteiger partial charge on any atom is -0.490 e. The Hall–Kier alpha value is -3.34. The third kappa shape index (κ3) is 5.34. The maximum atomic E-state index is 15.0. The molecule has 1 aliphatic carbocycles. The highest BCUT2D eigenvalue weighted by Crippen LogP contribution is 2.36. The molecule has 0 radical (unpaired) electrons. The molecular weight excluding hydrogens is 452 g/mol. The third-order valence-corrected chi connectivity index (χ3v) is 6.43. The van der Waals surface area contributed by atoms with Gasteiger partial charge in [-0.2, -0.15) is 4.39 Å². The van der Waals surface area contributed by atoms with Gasteiger partial charge in [-0.1, -0.05) is 61.5 Å². The van der Waals surface area contributed by atoms with Gasteiger partial charge >= 0.3 is 0 Å². The summed E-state index contributed by atoms with van der Waals surface area (Å²) in [6.45, 7) is 4.26. The van der Waals surface area contributed by atoms with Crippen LogP contribution in [0.25, 0.3) is 27.8 Å². The van der Waals surface area contributed by atoms with E-state index in [4.69, 9.17) is 4.74 Å². The molecule has 0 saturated heterocycles. The molecule has 0 amide bonds. The van der Waals surface area contributed by atoms with Crippen LogP contribution < -0.4 is 4.74 Å². The lowest BCUT2D eigenvalue weighted by Gasteiger charge is -2.19. The number of benzene rings is 3. The van der Waals surface area contributed by atoms with Crippen molar-refractivity contribution in [1.29, 1.82) is 0 Å². The van der Waals surface area contributed by atoms with Crippen molar-refractivity contribution in [1.82, 2.24) is 0 Å². The lowest BCUT2D eigenvalue weighted by molar-refractivity contribution is 0.301. The summed E-state index contributed by atoms with van der Waals surface area (Å²) in [5.41, 5.74) is 2.21. The van der Waals surface area contributed by atoms with Crippen LogP contribution in [0, 0.1) is 29.2 Å². The molecule has 0 saturated carbocycles. The molecule has 3 aromatic carbocycles. The van der Waals surface area contributed by atoms with Crippen molar-refractivity contribution in [2.75, 3.05) is 6.61 Å². The van der Waals surface area contributed by atoms with E-state index in [0.717, 1.165) is 24.8 Å². The molecule has 1 atom stereocenters. The lowest BCUT2D eigenvalue weighted by Crippen LogP contribution is -2.04. The standard InChI is InChI=1S/C30H28F4O/c1-3-4-5-18-35-26-17-16-25(29(33)30(26)34)22-12-10-21(11-13-22)24-15-14-23(27(31)28(24)32)20-8-6-19(2)7-9-20/h3-4,8,10-17,19H,5-7,9,18H2,1-2H3/b4-3-. The number of rotatable bonds is 7. The van der Waals surface area contributed by atoms with E-state index in [2.05, 4.69) is 6.92 Å². The summed E-state index contributed by atoms with van der Waals surface area (Å²) in [5.74, 6) is -3.43. The van der Waals surface area contributed by atoms with Gasteiger partial charge in [-0.3, -0.25) is 0 Å². The zero-order chi connectivity index (χ0) is 24.9. The lowest BCUT2D eigenvalue weighted by atomic mass is 9.87. The van der Waals surface area contributed by atoms with E-state index in [0.29, 0.717) is 29.0 Å². The summed E-state index contributed by atoms with van der Waals surface area (Å²) in [4.78, 5) is 0. The molecule has 3 aromatic rings. The first-order valence-corrected chi connectivity index (χ1v) is 11.9. The topological polar surface area (TPSA) is 9.23 Å². The molecule has 182 valence electrons. The molecule has 4 rings (SSSR count). The molecule has 0 fully saturated rings. The van der Waals surface area contributed by atoms with E-state index in [1.54, 1.807) is 36.4 Å². The maximum absolute atomic E-state index is 15.0. The van der Waals surface area contributed by atoms with Gasteiger partial charge in [0.2, 0.25) is 5.82 Å². The number of hydrogen-bond acceptors (Lipinski definition) is 1. The summed E-state index contributed by atoms with van der Waals surface area (Å²) >= 11 is 0. The molecule has 1 nitrogen and oxygen atoms in total. The molecule has 35 heavy (non-hydrogen) atoms. The quantitative estimate of drug-likeness (QED) is 0.186. The number of halogens is 4. The molecule has 0 aliphatic heterocycles. The second kappa shape index (κ2) is 10.9. The molecule has 5 heteroatoms. The van der Waals surface area contributed by atoms with Crippen molar-refractivity contribution < 1.29 is 22.3 Å². The Morgan fingerprint density at radius 3 is 1.97 bits per heavy atom. The van der Waals surface area contributed by atoms with E-state index in [9.17, 15) is 17.6 Å². The summed E-state index contributed by atoms with van der Waals surface area (Å²) in [6, 6.07) is 12.3. The molecule has 0 spiro atoms. The highest BCUT2D eigenvalue weighted by atomic mass is 19.2. The van der Waals surface area contributed by atoms with E-state index in [1.165, 1.54) is 12.1 Å². The predicted octanol–water partition coefficient (Wildman–Crippen LogP) is 9.13. The number of allylic oxidation sites excluding steroid dienone is 3. The van der Waals surface area contributed by atoms with Gasteiger partial charge in [0.25, 0.3) is 0 Å². The fraction of sp³-hybridized carbons (Fsp3) is 0.267. The monoisotopic (exact) mass is 480 g/mol. The van der Waals surface area contributed by atoms with E-state index in [1.807, 2.05) is 25.2 Å². The average molecular weight is 481 g/mol. The Morgan fingerprint density at radius 2 is 1.37 bits per heavy atom. The van der Waals surface area contributed by atoms with Gasteiger partial charge < -0.3 is 4.74 Å². The second-order valence-electron chi connectivity index (χ2n) is 8.92. The molecular formula is C30H28F4O. The highest BCUT2D eigenvalue weighted by Gasteiger charge is 2.20. The van der Waals surface area contributed by atoms with Gasteiger partial charge in [-0.05, 0) is 67.4 Å². The van der Waals surface area contributed by atoms with Crippen molar-refractivity contribution in [3.8, 4) is 28.0 Å². The largest absolute Gasteiger partial charge is 0.490 e. The molecule has 0 heterocycles. The van der Waals surface area contributed by atoms with Gasteiger partial charge in [-0.25, -0.2) is 13.2 Å². The fourth-order valence-corrected chi connectivity index (χ4v) is 4.33. The minimum atomic E-state index is -1.05. The Bertz CT molecular complexity index is 1260. The molecule has 0 N–H and O–H groups in total. The zero-order valence-electron chi connectivity index (χ0n) is 19.9. The van der Waals surface area contributed by atoms with Crippen LogP contribution in [0.15, 0.2) is 66.8 Å². The molecule has 0 bridgehead atoms. The van der Waals surface area contributed by atoms with Gasteiger partial charge in [0, 0.05) is 16.7 Å². The zero-order valence-corrected chi connectivity index (χ0v) is 19.9. The third-order valence-electron chi connectivity index (χ3n) is 6.43. The Labute approximate surface area is 203 Å². The average Bonchev–Trinajstić information content (AvgIpc) is 2.87. The van der Waals surface area contributed by atoms with Crippen LogP contribution in [0.1, 0.15) is 45.1 Å². The van der Waals surface area contributed by atoms with Crippen molar-refractivity contribution in [3.63, 3.8) is 0 Å². The van der Waals surface area contributed by atoms with Crippen molar-refractivity contribution in [2.45, 2.75) is 39.5 Å². The minimum absolute atomic E-state index is 0.0651. The summed E-state index contributed by atoms with van der Waals surface area (Å²) < 4.78 is 64.4. The molecule has 1 unspecified atom stereocenters. The van der Waals surface area contributed by atoms with Crippen molar-refractivity contribution in [2.24, 2.45) is 5.92 Å². The Kier molecular flexibility index (Phi) is 7.74. The van der Waals surface area contributed by atoms with Crippen LogP contribution in [-0.2, 0) is 0 Å². The van der Waals surface area contributed by atoms with E-state index >= 15 is 0 Å². The normalized spacial score (nSPS) is 15.9. The van der Waals surface area contributed by atoms with E-state index in [-0.39, 0.29) is 23.5 Å². The van der Waals surface area contributed by atoms with Crippen LogP contribution in [0.2, 0.25) is 0 Å². The van der Waals surface area contributed by atoms with Gasteiger partial charge in [0.1, 0.15) is 0 Å². The van der Waals surface area contributed by atoms with E-state index < -0.39 is 23.3 Å². The fourth-order valence-electron chi connectivity index (χ4n) is 4.33. The Balaban J connectivity index is 1.56. The van der Waals surface area contributed by atoms with Gasteiger partial charge in [0.15, 0.2) is 23.2 Å². The first-order chi connectivity index (χ1) is 16.9. The van der Waals surface area contributed by atoms with Crippen LogP contribution in [0.5, 0.6) is 5.75 Å². The van der Waals surface area contributed by atoms with Crippen LogP contribution >= 0.6 is 0 Å². The smallest absolute Gasteiger partial charge is 0.201 e. The molecule has 1 aliphatic rings. The van der Waals surface area contributed by atoms with Gasteiger partial charge in [-0.15, -0.1) is 0 Å². The predicted molar refractivity (Wildman–Crippen MR) is 133 cm³/mol. The maximum Gasteiger partial charge on any atom is 0.201 e. The van der Waals surface area contributed by atoms with Crippen molar-refractivity contribution in [3.05, 3.63) is 95.6 Å². The highest BCUT2D eigenvalue weighted by molar-refractivity contribution is 5.74. The number of ether oxygens (including phenoxy) is 1. The van der Waals surface area contributed by atoms with Crippen LogP contribution in [0.3, 0.4) is 0 Å². The summed E-state index contributed by atoms with van der Waals surface area (Å²) in [7, 11) is 0. The van der Waals surface area contributed by atoms with Crippen LogP contribution in [-0.4, -0.2) is 6.61 Å². The second-order valence-corrected chi connectivity index (χ2v) is 8.92. The summed E-state index contributed by atoms with van der Waals surface area (Å²) in [6.07, 6.45) is 8.86.